The summed E-state index contributed by atoms with van der Waals surface area (Å²) in [6.45, 7) is 4.94. The number of hydrogen-bond acceptors (Lipinski definition) is 2. The highest BCUT2D eigenvalue weighted by atomic mass is 16.5. The van der Waals surface area contributed by atoms with Gasteiger partial charge in [-0.2, -0.15) is 0 Å². The van der Waals surface area contributed by atoms with Crippen molar-refractivity contribution in [3.63, 3.8) is 0 Å². The summed E-state index contributed by atoms with van der Waals surface area (Å²) < 4.78 is 5.67. The molecule has 3 rings (SSSR count). The Hall–Kier alpha value is -1.51. The van der Waals surface area contributed by atoms with Crippen LogP contribution in [-0.4, -0.2) is 17.7 Å². The lowest BCUT2D eigenvalue weighted by Crippen LogP contribution is -2.24. The molecule has 1 heterocycles. The number of ether oxygens (including phenoxy) is 1. The highest BCUT2D eigenvalue weighted by Crippen LogP contribution is 2.60. The minimum atomic E-state index is -0.669. The van der Waals surface area contributed by atoms with Gasteiger partial charge in [-0.3, -0.25) is 4.79 Å². The third-order valence-electron chi connectivity index (χ3n) is 4.39. The van der Waals surface area contributed by atoms with Gasteiger partial charge in [0, 0.05) is 11.0 Å². The van der Waals surface area contributed by atoms with Crippen molar-refractivity contribution in [1.29, 1.82) is 0 Å². The summed E-state index contributed by atoms with van der Waals surface area (Å²) in [6, 6.07) is 6.24. The predicted octanol–water partition coefficient (Wildman–Crippen LogP) is 2.93. The molecule has 1 aromatic rings. The Balaban J connectivity index is 2.05. The summed E-state index contributed by atoms with van der Waals surface area (Å²) in [6.07, 6.45) is 1.60. The lowest BCUT2D eigenvalue weighted by molar-refractivity contribution is -0.139. The summed E-state index contributed by atoms with van der Waals surface area (Å²) in [5, 5.41) is 9.23. The van der Waals surface area contributed by atoms with Gasteiger partial charge >= 0.3 is 5.97 Å². The maximum Gasteiger partial charge on any atom is 0.307 e. The fraction of sp³-hybridized carbons (Fsp3) is 0.533. The molecule has 1 spiro atoms. The number of benzene rings is 1. The van der Waals surface area contributed by atoms with Crippen LogP contribution in [0.3, 0.4) is 0 Å². The summed E-state index contributed by atoms with van der Waals surface area (Å²) in [7, 11) is 0. The van der Waals surface area contributed by atoms with E-state index in [1.165, 1.54) is 5.56 Å². The van der Waals surface area contributed by atoms with Crippen LogP contribution in [0.2, 0.25) is 0 Å². The number of carboxylic acid groups (broad SMARTS) is 1. The molecule has 2 aliphatic rings. The van der Waals surface area contributed by atoms with Crippen LogP contribution in [0.4, 0.5) is 0 Å². The van der Waals surface area contributed by atoms with Gasteiger partial charge in [0.05, 0.1) is 12.5 Å². The van der Waals surface area contributed by atoms with Crippen molar-refractivity contribution >= 4 is 5.97 Å². The van der Waals surface area contributed by atoms with Gasteiger partial charge in [0.25, 0.3) is 0 Å². The molecule has 0 saturated heterocycles. The Morgan fingerprint density at radius 2 is 2.28 bits per heavy atom. The molecule has 0 radical (unpaired) electrons. The molecule has 0 unspecified atom stereocenters. The third-order valence-corrected chi connectivity index (χ3v) is 4.39. The Morgan fingerprint density at radius 3 is 2.89 bits per heavy atom. The first kappa shape index (κ1) is 11.6. The minimum absolute atomic E-state index is 0.148. The van der Waals surface area contributed by atoms with E-state index in [1.807, 2.05) is 6.07 Å². The van der Waals surface area contributed by atoms with E-state index in [0.717, 1.165) is 24.2 Å². The Kier molecular flexibility index (Phi) is 2.40. The molecule has 1 aliphatic heterocycles. The normalized spacial score (nSPS) is 28.9. The molecule has 2 atom stereocenters. The van der Waals surface area contributed by atoms with Crippen molar-refractivity contribution in [2.75, 3.05) is 6.61 Å². The van der Waals surface area contributed by atoms with E-state index in [4.69, 9.17) is 4.74 Å². The predicted molar refractivity (Wildman–Crippen MR) is 68.1 cm³/mol. The van der Waals surface area contributed by atoms with E-state index >= 15 is 0 Å². The average molecular weight is 246 g/mol. The molecule has 1 fully saturated rings. The van der Waals surface area contributed by atoms with E-state index in [2.05, 4.69) is 26.0 Å². The molecule has 1 aliphatic carbocycles. The van der Waals surface area contributed by atoms with Crippen molar-refractivity contribution in [3.05, 3.63) is 29.3 Å². The molecule has 1 aromatic carbocycles. The third kappa shape index (κ3) is 1.53. The van der Waals surface area contributed by atoms with Crippen LogP contribution in [-0.2, 0) is 10.2 Å². The summed E-state index contributed by atoms with van der Waals surface area (Å²) in [4.78, 5) is 11.2. The molecule has 3 heteroatoms. The van der Waals surface area contributed by atoms with Crippen molar-refractivity contribution in [1.82, 2.24) is 0 Å². The SMILES string of the molecule is CC(C)c1ccc2c(c1)[C@@]1(CCO2)C[C@@H]1C(=O)O. The fourth-order valence-corrected chi connectivity index (χ4v) is 3.10. The van der Waals surface area contributed by atoms with Gasteiger partial charge in [-0.25, -0.2) is 0 Å². The first-order chi connectivity index (χ1) is 8.54. The molecule has 0 bridgehead atoms. The lowest BCUT2D eigenvalue weighted by Gasteiger charge is -2.27. The topological polar surface area (TPSA) is 46.5 Å². The molecule has 96 valence electrons. The Bertz CT molecular complexity index is 506. The van der Waals surface area contributed by atoms with E-state index < -0.39 is 5.97 Å². The van der Waals surface area contributed by atoms with Crippen molar-refractivity contribution in [2.45, 2.75) is 38.0 Å². The first-order valence-electron chi connectivity index (χ1n) is 6.54. The maximum atomic E-state index is 11.2. The molecule has 3 nitrogen and oxygen atoms in total. The standard InChI is InChI=1S/C15H18O3/c1-9(2)10-3-4-13-11(7-10)15(5-6-18-13)8-12(15)14(16)17/h3-4,7,9,12H,5-6,8H2,1-2H3,(H,16,17)/t12-,15-/m1/s1. The summed E-state index contributed by atoms with van der Waals surface area (Å²) in [5.41, 5.74) is 2.23. The number of aliphatic carboxylic acids is 1. The van der Waals surface area contributed by atoms with Gasteiger partial charge in [-0.1, -0.05) is 26.0 Å². The van der Waals surface area contributed by atoms with Crippen LogP contribution in [0.1, 0.15) is 43.7 Å². The number of rotatable bonds is 2. The zero-order valence-corrected chi connectivity index (χ0v) is 10.8. The van der Waals surface area contributed by atoms with Gasteiger partial charge in [0.2, 0.25) is 0 Å². The van der Waals surface area contributed by atoms with Crippen LogP contribution < -0.4 is 4.74 Å². The highest BCUT2D eigenvalue weighted by Gasteiger charge is 2.61. The zero-order valence-electron chi connectivity index (χ0n) is 10.8. The number of hydrogen-bond donors (Lipinski definition) is 1. The van der Waals surface area contributed by atoms with Crippen LogP contribution in [0.5, 0.6) is 5.75 Å². The van der Waals surface area contributed by atoms with Crippen LogP contribution >= 0.6 is 0 Å². The average Bonchev–Trinajstić information content (AvgIpc) is 3.05. The first-order valence-corrected chi connectivity index (χ1v) is 6.54. The second-order valence-corrected chi connectivity index (χ2v) is 5.76. The smallest absolute Gasteiger partial charge is 0.307 e. The fourth-order valence-electron chi connectivity index (χ4n) is 3.10. The van der Waals surface area contributed by atoms with Gasteiger partial charge in [0.1, 0.15) is 5.75 Å². The second kappa shape index (κ2) is 3.74. The molecular formula is C15H18O3. The van der Waals surface area contributed by atoms with Crippen LogP contribution in [0.15, 0.2) is 18.2 Å². The van der Waals surface area contributed by atoms with Crippen molar-refractivity contribution in [3.8, 4) is 5.75 Å². The van der Waals surface area contributed by atoms with E-state index in [1.54, 1.807) is 0 Å². The number of fused-ring (bicyclic) bond motifs is 2. The van der Waals surface area contributed by atoms with Crippen molar-refractivity contribution < 1.29 is 14.6 Å². The van der Waals surface area contributed by atoms with Gasteiger partial charge in [-0.15, -0.1) is 0 Å². The van der Waals surface area contributed by atoms with Crippen molar-refractivity contribution in [2.24, 2.45) is 5.92 Å². The molecule has 0 aromatic heterocycles. The quantitative estimate of drug-likeness (QED) is 0.872. The molecule has 18 heavy (non-hydrogen) atoms. The minimum Gasteiger partial charge on any atom is -0.493 e. The maximum absolute atomic E-state index is 11.2. The molecule has 1 N–H and O–H groups in total. The zero-order chi connectivity index (χ0) is 12.9. The van der Waals surface area contributed by atoms with Gasteiger partial charge in [0.15, 0.2) is 0 Å². The van der Waals surface area contributed by atoms with Crippen LogP contribution in [0.25, 0.3) is 0 Å². The van der Waals surface area contributed by atoms with Gasteiger partial charge in [-0.05, 0) is 30.4 Å². The lowest BCUT2D eigenvalue weighted by atomic mass is 9.85. The van der Waals surface area contributed by atoms with E-state index in [-0.39, 0.29) is 11.3 Å². The van der Waals surface area contributed by atoms with E-state index in [0.29, 0.717) is 12.5 Å². The molecular weight excluding hydrogens is 228 g/mol. The number of carbonyl (C=O) groups is 1. The number of carboxylic acids is 1. The summed E-state index contributed by atoms with van der Waals surface area (Å²) >= 11 is 0. The largest absolute Gasteiger partial charge is 0.493 e. The van der Waals surface area contributed by atoms with Gasteiger partial charge < -0.3 is 9.84 Å². The van der Waals surface area contributed by atoms with Crippen LogP contribution in [0, 0.1) is 5.92 Å². The monoisotopic (exact) mass is 246 g/mol. The summed E-state index contributed by atoms with van der Waals surface area (Å²) in [5.74, 6) is 0.450. The Labute approximate surface area is 107 Å². The molecule has 1 saturated carbocycles. The Morgan fingerprint density at radius 1 is 1.50 bits per heavy atom. The second-order valence-electron chi connectivity index (χ2n) is 5.76. The van der Waals surface area contributed by atoms with E-state index in [9.17, 15) is 9.90 Å². The highest BCUT2D eigenvalue weighted by molar-refractivity contribution is 5.78. The molecule has 0 amide bonds.